The van der Waals surface area contributed by atoms with Gasteiger partial charge in [0.25, 0.3) is 0 Å². The largest absolute Gasteiger partial charge is 0.497 e. The normalized spacial score (nSPS) is 19.0. The summed E-state index contributed by atoms with van der Waals surface area (Å²) in [5.74, 6) is 1.32. The molecule has 216 valence electrons. The maximum Gasteiger partial charge on any atom is 0.318 e. The third kappa shape index (κ3) is 4.59. The third-order valence-electron chi connectivity index (χ3n) is 8.49. The van der Waals surface area contributed by atoms with E-state index in [1.165, 1.54) is 4.31 Å². The van der Waals surface area contributed by atoms with E-state index in [0.29, 0.717) is 44.8 Å². The van der Waals surface area contributed by atoms with Gasteiger partial charge in [0.2, 0.25) is 10.0 Å². The Hall–Kier alpha value is -3.28. The number of benzene rings is 2. The lowest BCUT2D eigenvalue weighted by Gasteiger charge is -2.50. The number of hydrogen-bond acceptors (Lipinski definition) is 6. The molecule has 2 N–H and O–H groups in total. The molecule has 0 aliphatic carbocycles. The van der Waals surface area contributed by atoms with Crippen LogP contribution in [0.15, 0.2) is 47.4 Å². The minimum Gasteiger partial charge on any atom is -0.497 e. The maximum absolute atomic E-state index is 13.5. The summed E-state index contributed by atoms with van der Waals surface area (Å²) < 4.78 is 41.3. The third-order valence-corrected chi connectivity index (χ3v) is 10.4. The number of ether oxygens (including phenoxy) is 2. The highest BCUT2D eigenvalue weighted by molar-refractivity contribution is 7.89. The molecule has 2 amide bonds. The molecular weight excluding hydrogens is 532 g/mol. The van der Waals surface area contributed by atoms with Crippen LogP contribution in [0.3, 0.4) is 0 Å². The molecule has 2 aliphatic heterocycles. The molecular formula is C29H38N4O6S. The molecule has 1 saturated heterocycles. The van der Waals surface area contributed by atoms with Crippen molar-refractivity contribution in [2.24, 2.45) is 7.05 Å². The summed E-state index contributed by atoms with van der Waals surface area (Å²) in [6.45, 7) is 3.33. The highest BCUT2D eigenvalue weighted by Gasteiger charge is 2.50. The smallest absolute Gasteiger partial charge is 0.318 e. The van der Waals surface area contributed by atoms with E-state index < -0.39 is 21.5 Å². The molecule has 1 atom stereocenters. The molecule has 3 heterocycles. The van der Waals surface area contributed by atoms with Crippen molar-refractivity contribution in [2.45, 2.75) is 42.5 Å². The number of aryl methyl sites for hydroxylation is 1. The Bertz CT molecular complexity index is 1490. The summed E-state index contributed by atoms with van der Waals surface area (Å²) in [7, 11) is 1.42. The maximum atomic E-state index is 13.5. The average Bonchev–Trinajstić information content (AvgIpc) is 3.28. The van der Waals surface area contributed by atoms with Crippen LogP contribution in [0.4, 0.5) is 4.79 Å². The number of piperidine rings is 1. The van der Waals surface area contributed by atoms with Gasteiger partial charge < -0.3 is 29.4 Å². The molecule has 2 aliphatic rings. The first-order chi connectivity index (χ1) is 19.2. The molecule has 0 saturated carbocycles. The number of sulfonamides is 1. The molecule has 0 unspecified atom stereocenters. The van der Waals surface area contributed by atoms with Crippen LogP contribution in [-0.4, -0.2) is 80.3 Å². The van der Waals surface area contributed by atoms with Crippen molar-refractivity contribution in [3.05, 3.63) is 53.7 Å². The van der Waals surface area contributed by atoms with E-state index in [2.05, 4.69) is 9.88 Å². The molecule has 0 bridgehead atoms. The van der Waals surface area contributed by atoms with Gasteiger partial charge in [-0.05, 0) is 61.2 Å². The lowest BCUT2D eigenvalue weighted by Crippen LogP contribution is -2.57. The van der Waals surface area contributed by atoms with Crippen LogP contribution in [0, 0.1) is 0 Å². The quantitative estimate of drug-likeness (QED) is 0.450. The van der Waals surface area contributed by atoms with Crippen LogP contribution in [0.1, 0.15) is 43.5 Å². The first kappa shape index (κ1) is 28.3. The van der Waals surface area contributed by atoms with Crippen LogP contribution in [0.25, 0.3) is 10.9 Å². The van der Waals surface area contributed by atoms with Crippen LogP contribution >= 0.6 is 0 Å². The van der Waals surface area contributed by atoms with E-state index >= 15 is 0 Å². The first-order valence-corrected chi connectivity index (χ1v) is 15.1. The number of aromatic nitrogens is 1. The molecule has 11 heteroatoms. The summed E-state index contributed by atoms with van der Waals surface area (Å²) in [4.78, 5) is 15.4. The number of aliphatic hydroxyl groups excluding tert-OH is 1. The Labute approximate surface area is 235 Å². The van der Waals surface area contributed by atoms with Crippen molar-refractivity contribution < 1.29 is 27.8 Å². The molecule has 3 aromatic rings. The van der Waals surface area contributed by atoms with Gasteiger partial charge >= 0.3 is 6.03 Å². The highest BCUT2D eigenvalue weighted by atomic mass is 32.2. The van der Waals surface area contributed by atoms with Crippen molar-refractivity contribution in [2.75, 3.05) is 47.0 Å². The Morgan fingerprint density at radius 1 is 1.07 bits per heavy atom. The van der Waals surface area contributed by atoms with E-state index in [9.17, 15) is 18.3 Å². The number of aliphatic hydroxyl groups is 1. The number of hydrogen-bond donors (Lipinski definition) is 2. The predicted molar refractivity (Wildman–Crippen MR) is 152 cm³/mol. The molecule has 2 aromatic carbocycles. The number of methoxy groups -OCH3 is 2. The van der Waals surface area contributed by atoms with Crippen LogP contribution < -0.4 is 14.8 Å². The molecule has 1 spiro atoms. The second kappa shape index (κ2) is 10.9. The fourth-order valence-corrected chi connectivity index (χ4v) is 7.81. The molecule has 1 aromatic heterocycles. The number of carbonyl (C=O) groups is 1. The van der Waals surface area contributed by atoms with Crippen LogP contribution in [0.2, 0.25) is 0 Å². The Kier molecular flexibility index (Phi) is 7.73. The lowest BCUT2D eigenvalue weighted by molar-refractivity contribution is 0.0784. The second-order valence-electron chi connectivity index (χ2n) is 10.6. The summed E-state index contributed by atoms with van der Waals surface area (Å²) in [6.07, 6.45) is 1.87. The minimum absolute atomic E-state index is 0.220. The first-order valence-electron chi connectivity index (χ1n) is 13.7. The van der Waals surface area contributed by atoms with E-state index in [1.54, 1.807) is 43.4 Å². The monoisotopic (exact) mass is 570 g/mol. The van der Waals surface area contributed by atoms with Gasteiger partial charge in [-0.25, -0.2) is 13.2 Å². The molecule has 0 radical (unpaired) electrons. The Morgan fingerprint density at radius 2 is 1.73 bits per heavy atom. The van der Waals surface area contributed by atoms with Gasteiger partial charge in [-0.2, -0.15) is 4.31 Å². The summed E-state index contributed by atoms with van der Waals surface area (Å²) in [6, 6.07) is 11.6. The summed E-state index contributed by atoms with van der Waals surface area (Å²) in [5, 5.41) is 14.6. The van der Waals surface area contributed by atoms with Crippen LogP contribution in [0.5, 0.6) is 11.5 Å². The molecule has 5 rings (SSSR count). The zero-order valence-electron chi connectivity index (χ0n) is 23.5. The van der Waals surface area contributed by atoms with Gasteiger partial charge in [0, 0.05) is 55.8 Å². The van der Waals surface area contributed by atoms with Gasteiger partial charge in [0.05, 0.1) is 37.3 Å². The number of carbonyl (C=O) groups excluding carboxylic acids is 1. The van der Waals surface area contributed by atoms with E-state index in [4.69, 9.17) is 9.47 Å². The predicted octanol–water partition coefficient (Wildman–Crippen LogP) is 3.39. The van der Waals surface area contributed by atoms with Crippen molar-refractivity contribution in [1.82, 2.24) is 19.1 Å². The van der Waals surface area contributed by atoms with Crippen molar-refractivity contribution in [1.29, 1.82) is 0 Å². The van der Waals surface area contributed by atoms with Gasteiger partial charge in [-0.3, -0.25) is 0 Å². The van der Waals surface area contributed by atoms with Gasteiger partial charge in [0.1, 0.15) is 11.5 Å². The SMILES string of the molecule is CCCNC(=O)N1CC2(CCN(S(=O)(=O)c3ccc(OC)cc3)CC2)c2c(n(C)c3cc(OC)ccc23)[C@@H]1CO. The molecule has 40 heavy (non-hydrogen) atoms. The fourth-order valence-electron chi connectivity index (χ4n) is 6.36. The van der Waals surface area contributed by atoms with E-state index in [1.807, 2.05) is 32.2 Å². The number of fused-ring (bicyclic) bond motifs is 4. The molecule has 1 fully saturated rings. The van der Waals surface area contributed by atoms with Gasteiger partial charge in [-0.15, -0.1) is 0 Å². The Morgan fingerprint density at radius 3 is 2.33 bits per heavy atom. The van der Waals surface area contributed by atoms with E-state index in [-0.39, 0.29) is 17.5 Å². The molecule has 10 nitrogen and oxygen atoms in total. The topological polar surface area (TPSA) is 113 Å². The summed E-state index contributed by atoms with van der Waals surface area (Å²) >= 11 is 0. The average molecular weight is 571 g/mol. The van der Waals surface area contributed by atoms with Gasteiger partial charge in [-0.1, -0.05) is 6.92 Å². The minimum atomic E-state index is -3.70. The number of urea groups is 1. The number of amides is 2. The number of nitrogens with zero attached hydrogens (tertiary/aromatic N) is 3. The van der Waals surface area contributed by atoms with Crippen molar-refractivity contribution in [3.8, 4) is 11.5 Å². The van der Waals surface area contributed by atoms with Crippen molar-refractivity contribution in [3.63, 3.8) is 0 Å². The lowest BCUT2D eigenvalue weighted by atomic mass is 9.68. The standard InChI is InChI=1S/C29H38N4O6S/c1-5-14-30-28(35)33-19-29(12-15-32(16-13-29)40(36,37)22-9-6-20(38-3)7-10-22)26-23-11-8-21(39-4)17-24(23)31(2)27(26)25(33)18-34/h6-11,17,25,34H,5,12-16,18-19H2,1-4H3,(H,30,35)/t25-/m0/s1. The highest BCUT2D eigenvalue weighted by Crippen LogP contribution is 2.50. The van der Waals surface area contributed by atoms with E-state index in [0.717, 1.165) is 34.3 Å². The number of rotatable bonds is 7. The Balaban J connectivity index is 1.56. The number of nitrogens with one attached hydrogen (secondary N) is 1. The second-order valence-corrected chi connectivity index (χ2v) is 12.6. The fraction of sp³-hybridized carbons (Fsp3) is 0.483. The van der Waals surface area contributed by atoms with Gasteiger partial charge in [0.15, 0.2) is 0 Å². The van der Waals surface area contributed by atoms with Crippen LogP contribution in [-0.2, 0) is 22.5 Å². The zero-order chi connectivity index (χ0) is 28.7. The summed E-state index contributed by atoms with van der Waals surface area (Å²) in [5.41, 5.74) is 2.44. The van der Waals surface area contributed by atoms with Crippen molar-refractivity contribution >= 4 is 27.0 Å². The zero-order valence-corrected chi connectivity index (χ0v) is 24.3.